The van der Waals surface area contributed by atoms with Crippen LogP contribution >= 0.6 is 45.3 Å². The van der Waals surface area contributed by atoms with Gasteiger partial charge in [0.15, 0.2) is 0 Å². The molecule has 0 fully saturated rings. The number of hydrogen-bond donors (Lipinski definition) is 0. The van der Waals surface area contributed by atoms with Gasteiger partial charge in [0.1, 0.15) is 0 Å². The molecule has 0 amide bonds. The Bertz CT molecular complexity index is 3920. The average Bonchev–Trinajstić information content (AvgIpc) is 4.15. The predicted octanol–water partition coefficient (Wildman–Crippen LogP) is 15.9. The Labute approximate surface area is 394 Å². The van der Waals surface area contributed by atoms with Crippen LogP contribution < -0.4 is 17.6 Å². The standard InChI is InChI=1S/C60H36GeS4/c1-3-15-39(16-4-1)61(40-17-5-2-6-18-40,51-27-13-25-47-49-35-37(31-33-55(49)64-59(47)51)41-21-11-23-45-43-19-7-9-29-53(43)62-57(41)45)52-28-14-26-48-50-36-38(32-34-56(50)65-60(48)52)42-22-12-24-46-44-20-8-10-30-54(44)63-58(42)46/h1-36H. The Morgan fingerprint density at radius 3 is 1.06 bits per heavy atom. The van der Waals surface area contributed by atoms with Crippen LogP contribution in [0.2, 0.25) is 0 Å². The summed E-state index contributed by atoms with van der Waals surface area (Å²) in [5.74, 6) is 0. The monoisotopic (exact) mass is 958 g/mol. The summed E-state index contributed by atoms with van der Waals surface area (Å²) in [7, 11) is 0. The van der Waals surface area contributed by atoms with Crippen LogP contribution in [0.25, 0.3) is 103 Å². The molecule has 0 aliphatic carbocycles. The van der Waals surface area contributed by atoms with E-state index in [1.165, 1.54) is 121 Å². The second-order valence-corrected chi connectivity index (χ2v) is 29.1. The molecule has 14 aromatic rings. The maximum absolute atomic E-state index is 3.83. The molecule has 304 valence electrons. The second kappa shape index (κ2) is 14.8. The molecule has 0 N–H and O–H groups in total. The van der Waals surface area contributed by atoms with Crippen LogP contribution in [0.15, 0.2) is 218 Å². The van der Waals surface area contributed by atoms with Crippen molar-refractivity contribution in [1.82, 2.24) is 0 Å². The van der Waals surface area contributed by atoms with E-state index in [-0.39, 0.29) is 0 Å². The van der Waals surface area contributed by atoms with E-state index in [1.807, 2.05) is 45.3 Å². The number of benzene rings is 10. The summed E-state index contributed by atoms with van der Waals surface area (Å²) in [5.41, 5.74) is 5.16. The van der Waals surface area contributed by atoms with Crippen molar-refractivity contribution in [2.24, 2.45) is 0 Å². The van der Waals surface area contributed by atoms with Crippen LogP contribution in [0.4, 0.5) is 0 Å². The average molecular weight is 958 g/mol. The third kappa shape index (κ3) is 5.65. The van der Waals surface area contributed by atoms with Crippen LogP contribution in [-0.2, 0) is 0 Å². The summed E-state index contributed by atoms with van der Waals surface area (Å²) < 4.78 is 16.8. The Morgan fingerprint density at radius 2 is 0.600 bits per heavy atom. The van der Waals surface area contributed by atoms with E-state index in [0.29, 0.717) is 0 Å². The van der Waals surface area contributed by atoms with Crippen molar-refractivity contribution in [2.75, 3.05) is 0 Å². The van der Waals surface area contributed by atoms with Crippen LogP contribution in [0.1, 0.15) is 0 Å². The van der Waals surface area contributed by atoms with Gasteiger partial charge in [-0.3, -0.25) is 0 Å². The van der Waals surface area contributed by atoms with Gasteiger partial charge >= 0.3 is 398 Å². The number of fused-ring (bicyclic) bond motifs is 12. The molecular weight excluding hydrogens is 922 g/mol. The molecule has 4 aromatic heterocycles. The summed E-state index contributed by atoms with van der Waals surface area (Å²) in [6.07, 6.45) is 0. The van der Waals surface area contributed by atoms with Crippen molar-refractivity contribution in [3.05, 3.63) is 218 Å². The van der Waals surface area contributed by atoms with Crippen molar-refractivity contribution in [3.8, 4) is 22.3 Å². The zero-order valence-electron chi connectivity index (χ0n) is 34.9. The molecule has 0 spiro atoms. The summed E-state index contributed by atoms with van der Waals surface area (Å²) >= 11 is 3.94. The normalized spacial score (nSPS) is 12.3. The Morgan fingerprint density at radius 1 is 0.246 bits per heavy atom. The Kier molecular flexibility index (Phi) is 8.66. The van der Waals surface area contributed by atoms with Gasteiger partial charge in [-0.15, -0.1) is 0 Å². The van der Waals surface area contributed by atoms with E-state index in [4.69, 9.17) is 0 Å². The van der Waals surface area contributed by atoms with E-state index in [1.54, 1.807) is 0 Å². The molecule has 14 rings (SSSR count). The molecule has 65 heavy (non-hydrogen) atoms. The topological polar surface area (TPSA) is 0 Å². The number of rotatable bonds is 6. The first-order valence-corrected chi connectivity index (χ1v) is 29.5. The van der Waals surface area contributed by atoms with Gasteiger partial charge in [0.2, 0.25) is 0 Å². The molecule has 0 bridgehead atoms. The van der Waals surface area contributed by atoms with Crippen LogP contribution in [0.3, 0.4) is 0 Å². The third-order valence-electron chi connectivity index (χ3n) is 13.6. The summed E-state index contributed by atoms with van der Waals surface area (Å²) in [6, 6.07) is 83.3. The molecule has 0 radical (unpaired) electrons. The van der Waals surface area contributed by atoms with E-state index in [0.717, 1.165) is 0 Å². The van der Waals surface area contributed by atoms with Crippen molar-refractivity contribution < 1.29 is 0 Å². The van der Waals surface area contributed by atoms with Crippen LogP contribution in [0, 0.1) is 0 Å². The molecule has 0 unspecified atom stereocenters. The molecular formula is C60H36GeS4. The molecule has 0 saturated heterocycles. The third-order valence-corrected chi connectivity index (χ3v) is 29.5. The quantitative estimate of drug-likeness (QED) is 0.146. The molecule has 5 heteroatoms. The first kappa shape index (κ1) is 37.9. The molecule has 0 aliphatic heterocycles. The van der Waals surface area contributed by atoms with Gasteiger partial charge in [0, 0.05) is 0 Å². The number of hydrogen-bond acceptors (Lipinski definition) is 4. The molecule has 0 nitrogen and oxygen atoms in total. The van der Waals surface area contributed by atoms with Gasteiger partial charge in [-0.2, -0.15) is 0 Å². The van der Waals surface area contributed by atoms with Gasteiger partial charge in [0.05, 0.1) is 0 Å². The maximum atomic E-state index is 2.49. The van der Waals surface area contributed by atoms with Crippen LogP contribution in [-0.4, -0.2) is 13.3 Å². The number of thiophene rings is 4. The Balaban J connectivity index is 1.02. The predicted molar refractivity (Wildman–Crippen MR) is 292 cm³/mol. The molecule has 4 heterocycles. The van der Waals surface area contributed by atoms with E-state index < -0.39 is 13.3 Å². The summed E-state index contributed by atoms with van der Waals surface area (Å²) in [6.45, 7) is 0. The fourth-order valence-corrected chi connectivity index (χ4v) is 28.0. The van der Waals surface area contributed by atoms with Crippen molar-refractivity contribution in [1.29, 1.82) is 0 Å². The Hall–Kier alpha value is -6.38. The molecule has 10 aromatic carbocycles. The second-order valence-electron chi connectivity index (χ2n) is 17.0. The van der Waals surface area contributed by atoms with Gasteiger partial charge < -0.3 is 0 Å². The van der Waals surface area contributed by atoms with Gasteiger partial charge in [-0.25, -0.2) is 0 Å². The molecule has 0 aliphatic rings. The summed E-state index contributed by atoms with van der Waals surface area (Å²) in [4.78, 5) is 0. The van der Waals surface area contributed by atoms with Crippen molar-refractivity contribution in [2.45, 2.75) is 0 Å². The van der Waals surface area contributed by atoms with E-state index >= 15 is 0 Å². The van der Waals surface area contributed by atoms with Crippen molar-refractivity contribution in [3.63, 3.8) is 0 Å². The SMILES string of the molecule is c1cc[c]([Ge]([c]2ccccc2)([c]2cccc3c2sc2ccc(-c4cccc5c4sc4ccccc45)cc23)[c]2cccc3c2sc2ccc(-c4cccc5c4sc4ccccc45)cc23)cc1. The zero-order chi connectivity index (χ0) is 42.6. The molecule has 0 atom stereocenters. The minimum absolute atomic E-state index is 1.27. The van der Waals surface area contributed by atoms with Gasteiger partial charge in [-0.05, 0) is 0 Å². The van der Waals surface area contributed by atoms with Gasteiger partial charge in [0.25, 0.3) is 0 Å². The minimum atomic E-state index is -3.83. The van der Waals surface area contributed by atoms with Gasteiger partial charge in [-0.1, -0.05) is 0 Å². The zero-order valence-corrected chi connectivity index (χ0v) is 40.3. The first-order chi connectivity index (χ1) is 32.2. The fraction of sp³-hybridized carbons (Fsp3) is 0. The van der Waals surface area contributed by atoms with Crippen LogP contribution in [0.5, 0.6) is 0 Å². The van der Waals surface area contributed by atoms with E-state index in [2.05, 4.69) is 218 Å². The first-order valence-electron chi connectivity index (χ1n) is 22.1. The fourth-order valence-electron chi connectivity index (χ4n) is 10.8. The van der Waals surface area contributed by atoms with Crippen molar-refractivity contribution >= 4 is 157 Å². The van der Waals surface area contributed by atoms with E-state index in [9.17, 15) is 0 Å². The summed E-state index contributed by atoms with van der Waals surface area (Å²) in [5, 5.41) is 10.7. The molecule has 0 saturated carbocycles.